The number of halogens is 4. The number of aromatic nitrogens is 4. The van der Waals surface area contributed by atoms with E-state index in [0.29, 0.717) is 23.8 Å². The molecule has 0 N–H and O–H groups in total. The predicted molar refractivity (Wildman–Crippen MR) is 140 cm³/mol. The first-order valence-electron chi connectivity index (χ1n) is 13.3. The Hall–Kier alpha value is -3.18. The van der Waals surface area contributed by atoms with E-state index in [1.165, 1.54) is 48.4 Å². The first kappa shape index (κ1) is 26.1. The van der Waals surface area contributed by atoms with Crippen molar-refractivity contribution in [2.75, 3.05) is 44.2 Å². The van der Waals surface area contributed by atoms with Crippen LogP contribution in [0.15, 0.2) is 36.7 Å². The largest absolute Gasteiger partial charge is 0.434 e. The second-order valence-corrected chi connectivity index (χ2v) is 10.8. The second-order valence-electron chi connectivity index (χ2n) is 10.3. The van der Waals surface area contributed by atoms with Crippen molar-refractivity contribution in [1.82, 2.24) is 29.5 Å². The van der Waals surface area contributed by atoms with Gasteiger partial charge in [-0.1, -0.05) is 18.0 Å². The van der Waals surface area contributed by atoms with Crippen LogP contribution in [0.2, 0.25) is 5.02 Å². The van der Waals surface area contributed by atoms with Gasteiger partial charge in [0.05, 0.1) is 23.1 Å². The van der Waals surface area contributed by atoms with Gasteiger partial charge in [0.1, 0.15) is 0 Å². The summed E-state index contributed by atoms with van der Waals surface area (Å²) in [4.78, 5) is 29.0. The van der Waals surface area contributed by atoms with Gasteiger partial charge in [-0.15, -0.1) is 0 Å². The molecule has 1 aliphatic carbocycles. The van der Waals surface area contributed by atoms with Gasteiger partial charge in [0.25, 0.3) is 5.91 Å². The summed E-state index contributed by atoms with van der Waals surface area (Å²) in [7, 11) is 0. The molecular weight excluding hydrogens is 531 g/mol. The Kier molecular flexibility index (Phi) is 6.96. The Morgan fingerprint density at radius 2 is 1.67 bits per heavy atom. The van der Waals surface area contributed by atoms with Crippen LogP contribution in [-0.4, -0.2) is 80.8 Å². The lowest BCUT2D eigenvalue weighted by molar-refractivity contribution is -0.143. The standard InChI is InChI=1S/C27H29ClF3N7O/c28-19-4-6-21(7-5-19)38-24(27(29,30)31)22(17-33-38)25(39)36-10-8-18-16-32-26(34-23(18)9-11-36)37-14-12-35(13-15-37)20-2-1-3-20/h4-7,16-17,20H,1-3,8-15H2. The molecule has 206 valence electrons. The summed E-state index contributed by atoms with van der Waals surface area (Å²) in [5, 5.41) is 4.32. The van der Waals surface area contributed by atoms with Crippen molar-refractivity contribution in [1.29, 1.82) is 0 Å². The number of hydrogen-bond donors (Lipinski definition) is 0. The highest BCUT2D eigenvalue weighted by molar-refractivity contribution is 6.30. The third-order valence-electron chi connectivity index (χ3n) is 8.03. The molecule has 3 aliphatic rings. The van der Waals surface area contributed by atoms with E-state index >= 15 is 0 Å². The first-order valence-corrected chi connectivity index (χ1v) is 13.7. The monoisotopic (exact) mass is 559 g/mol. The van der Waals surface area contributed by atoms with E-state index in [2.05, 4.69) is 19.9 Å². The minimum absolute atomic E-state index is 0.172. The highest BCUT2D eigenvalue weighted by atomic mass is 35.5. The van der Waals surface area contributed by atoms with E-state index in [1.54, 1.807) is 0 Å². The van der Waals surface area contributed by atoms with Crippen molar-refractivity contribution in [3.8, 4) is 5.69 Å². The number of fused-ring (bicyclic) bond motifs is 1. The molecule has 4 heterocycles. The van der Waals surface area contributed by atoms with Crippen molar-refractivity contribution in [3.05, 3.63) is 64.2 Å². The number of hydrogen-bond acceptors (Lipinski definition) is 6. The number of amides is 1. The van der Waals surface area contributed by atoms with Gasteiger partial charge < -0.3 is 9.80 Å². The molecular formula is C27H29ClF3N7O. The molecule has 6 rings (SSSR count). The molecule has 1 saturated carbocycles. The van der Waals surface area contributed by atoms with Crippen LogP contribution in [0.5, 0.6) is 0 Å². The number of benzene rings is 1. The number of nitrogens with zero attached hydrogens (tertiary/aromatic N) is 7. The quantitative estimate of drug-likeness (QED) is 0.476. The fourth-order valence-electron chi connectivity index (χ4n) is 5.59. The van der Waals surface area contributed by atoms with E-state index in [-0.39, 0.29) is 18.8 Å². The van der Waals surface area contributed by atoms with Crippen LogP contribution in [-0.2, 0) is 19.0 Å². The summed E-state index contributed by atoms with van der Waals surface area (Å²) in [5.74, 6) is -0.0129. The predicted octanol–water partition coefficient (Wildman–Crippen LogP) is 4.25. The molecule has 0 atom stereocenters. The number of piperazine rings is 1. The topological polar surface area (TPSA) is 70.4 Å². The molecule has 2 aromatic heterocycles. The maximum absolute atomic E-state index is 14.2. The van der Waals surface area contributed by atoms with Gasteiger partial charge in [0, 0.05) is 63.0 Å². The summed E-state index contributed by atoms with van der Waals surface area (Å²) in [6, 6.07) is 6.56. The molecule has 0 bridgehead atoms. The number of carbonyl (C=O) groups excluding carboxylic acids is 1. The molecule has 0 unspecified atom stereocenters. The van der Waals surface area contributed by atoms with Crippen LogP contribution in [0.1, 0.15) is 46.6 Å². The molecule has 3 aromatic rings. The molecule has 39 heavy (non-hydrogen) atoms. The van der Waals surface area contributed by atoms with Crippen molar-refractivity contribution in [2.45, 2.75) is 44.3 Å². The van der Waals surface area contributed by atoms with Crippen molar-refractivity contribution < 1.29 is 18.0 Å². The number of alkyl halides is 3. The van der Waals surface area contributed by atoms with Crippen LogP contribution >= 0.6 is 11.6 Å². The van der Waals surface area contributed by atoms with Gasteiger partial charge >= 0.3 is 6.18 Å². The van der Waals surface area contributed by atoms with E-state index in [4.69, 9.17) is 16.6 Å². The Bertz CT molecular complexity index is 1350. The lowest BCUT2D eigenvalue weighted by Gasteiger charge is -2.43. The molecule has 1 amide bonds. The van der Waals surface area contributed by atoms with E-state index in [0.717, 1.165) is 54.4 Å². The average molecular weight is 560 g/mol. The average Bonchev–Trinajstić information content (AvgIpc) is 3.24. The maximum atomic E-state index is 14.2. The zero-order valence-corrected chi connectivity index (χ0v) is 22.1. The fraction of sp³-hybridized carbons (Fsp3) is 0.481. The Balaban J connectivity index is 1.17. The van der Waals surface area contributed by atoms with Crippen LogP contribution < -0.4 is 4.90 Å². The lowest BCUT2D eigenvalue weighted by atomic mass is 9.91. The van der Waals surface area contributed by atoms with Crippen LogP contribution in [0.4, 0.5) is 19.1 Å². The number of anilines is 1. The molecule has 0 spiro atoms. The van der Waals surface area contributed by atoms with Crippen LogP contribution in [0.25, 0.3) is 5.69 Å². The zero-order valence-electron chi connectivity index (χ0n) is 21.4. The van der Waals surface area contributed by atoms with Crippen molar-refractivity contribution in [3.63, 3.8) is 0 Å². The highest BCUT2D eigenvalue weighted by Gasteiger charge is 2.41. The smallest absolute Gasteiger partial charge is 0.338 e. The summed E-state index contributed by atoms with van der Waals surface area (Å²) >= 11 is 5.89. The van der Waals surface area contributed by atoms with Gasteiger partial charge in [-0.2, -0.15) is 18.3 Å². The molecule has 0 radical (unpaired) electrons. The fourth-order valence-corrected chi connectivity index (χ4v) is 5.71. The minimum atomic E-state index is -4.78. The molecule has 1 aromatic carbocycles. The number of carbonyl (C=O) groups is 1. The van der Waals surface area contributed by atoms with E-state index < -0.39 is 23.3 Å². The Labute approximate surface area is 229 Å². The van der Waals surface area contributed by atoms with Gasteiger partial charge in [-0.25, -0.2) is 14.6 Å². The third kappa shape index (κ3) is 5.21. The summed E-state index contributed by atoms with van der Waals surface area (Å²) < 4.78 is 43.2. The molecule has 2 fully saturated rings. The number of rotatable bonds is 4. The molecule has 2 aliphatic heterocycles. The van der Waals surface area contributed by atoms with E-state index in [1.807, 2.05) is 6.20 Å². The normalized spacial score (nSPS) is 19.0. The third-order valence-corrected chi connectivity index (χ3v) is 8.28. The van der Waals surface area contributed by atoms with Crippen LogP contribution in [0, 0.1) is 0 Å². The Morgan fingerprint density at radius 1 is 0.949 bits per heavy atom. The highest BCUT2D eigenvalue weighted by Crippen LogP contribution is 2.35. The maximum Gasteiger partial charge on any atom is 0.434 e. The molecule has 8 nitrogen and oxygen atoms in total. The minimum Gasteiger partial charge on any atom is -0.338 e. The SMILES string of the molecule is O=C(c1cnn(-c2ccc(Cl)cc2)c1C(F)(F)F)N1CCc2cnc(N3CCN(C4CCC4)CC3)nc2CC1. The van der Waals surface area contributed by atoms with Gasteiger partial charge in [0.15, 0.2) is 5.69 Å². The summed E-state index contributed by atoms with van der Waals surface area (Å²) in [6.07, 6.45) is 2.85. The summed E-state index contributed by atoms with van der Waals surface area (Å²) in [5.41, 5.74) is 0.379. The molecule has 1 saturated heterocycles. The second kappa shape index (κ2) is 10.4. The van der Waals surface area contributed by atoms with Gasteiger partial charge in [0.2, 0.25) is 5.95 Å². The molecule has 12 heteroatoms. The van der Waals surface area contributed by atoms with Gasteiger partial charge in [-0.05, 0) is 49.1 Å². The lowest BCUT2D eigenvalue weighted by Crippen LogP contribution is -2.52. The van der Waals surface area contributed by atoms with E-state index in [9.17, 15) is 18.0 Å². The summed E-state index contributed by atoms with van der Waals surface area (Å²) in [6.45, 7) is 4.28. The van der Waals surface area contributed by atoms with Crippen LogP contribution in [0.3, 0.4) is 0 Å². The van der Waals surface area contributed by atoms with Gasteiger partial charge in [-0.3, -0.25) is 9.69 Å². The Morgan fingerprint density at radius 3 is 2.33 bits per heavy atom. The zero-order chi connectivity index (χ0) is 27.1. The van der Waals surface area contributed by atoms with Crippen molar-refractivity contribution in [2.24, 2.45) is 0 Å². The van der Waals surface area contributed by atoms with Crippen molar-refractivity contribution >= 4 is 23.5 Å². The first-order chi connectivity index (χ1) is 18.8.